The highest BCUT2D eigenvalue weighted by Gasteiger charge is 2.17. The molecule has 2 amide bonds. The largest absolute Gasteiger partial charge is 0.378 e. The average Bonchev–Trinajstić information content (AvgIpc) is 2.81. The van der Waals surface area contributed by atoms with E-state index in [1.807, 2.05) is 75.6 Å². The molecule has 5 heteroatoms. The molecule has 0 saturated heterocycles. The van der Waals surface area contributed by atoms with Gasteiger partial charge >= 0.3 is 0 Å². The summed E-state index contributed by atoms with van der Waals surface area (Å²) in [5.41, 5.74) is 5.28. The summed E-state index contributed by atoms with van der Waals surface area (Å²) in [5.74, 6) is -0.217. The monoisotopic (exact) mass is 443 g/mol. The number of benzene rings is 3. The summed E-state index contributed by atoms with van der Waals surface area (Å²) in [6, 6.07) is 26.0. The van der Waals surface area contributed by atoms with E-state index in [2.05, 4.69) is 34.5 Å². The van der Waals surface area contributed by atoms with Crippen molar-refractivity contribution < 1.29 is 9.59 Å². The molecule has 0 heterocycles. The van der Waals surface area contributed by atoms with Gasteiger partial charge in [0.15, 0.2) is 0 Å². The topological polar surface area (TPSA) is 52.7 Å². The van der Waals surface area contributed by atoms with Gasteiger partial charge in [-0.15, -0.1) is 0 Å². The first-order chi connectivity index (χ1) is 15.9. The molecule has 1 N–H and O–H groups in total. The van der Waals surface area contributed by atoms with Gasteiger partial charge in [0.2, 0.25) is 11.8 Å². The minimum Gasteiger partial charge on any atom is -0.378 e. The Balaban J connectivity index is 1.54. The van der Waals surface area contributed by atoms with Crippen LogP contribution in [0.25, 0.3) is 0 Å². The molecule has 3 aromatic rings. The molecule has 33 heavy (non-hydrogen) atoms. The predicted octanol–water partition coefficient (Wildman–Crippen LogP) is 4.76. The molecule has 0 aliphatic heterocycles. The average molecular weight is 444 g/mol. The molecular weight excluding hydrogens is 410 g/mol. The molecule has 3 rings (SSSR count). The fraction of sp³-hybridized carbons (Fsp3) is 0.286. The van der Waals surface area contributed by atoms with Crippen molar-refractivity contribution in [3.05, 3.63) is 95.6 Å². The number of nitrogens with zero attached hydrogens (tertiary/aromatic N) is 2. The molecule has 0 fully saturated rings. The van der Waals surface area contributed by atoms with Gasteiger partial charge in [0.25, 0.3) is 0 Å². The number of amides is 2. The Morgan fingerprint density at radius 1 is 0.788 bits per heavy atom. The van der Waals surface area contributed by atoms with E-state index in [-0.39, 0.29) is 18.4 Å². The summed E-state index contributed by atoms with van der Waals surface area (Å²) < 4.78 is 0. The van der Waals surface area contributed by atoms with E-state index in [1.165, 1.54) is 16.8 Å². The van der Waals surface area contributed by atoms with Gasteiger partial charge in [-0.05, 0) is 53.8 Å². The Hall–Kier alpha value is -3.60. The van der Waals surface area contributed by atoms with Crippen LogP contribution in [0.3, 0.4) is 0 Å². The summed E-state index contributed by atoms with van der Waals surface area (Å²) in [6.45, 7) is 2.62. The quantitative estimate of drug-likeness (QED) is 0.491. The van der Waals surface area contributed by atoms with E-state index in [1.54, 1.807) is 4.90 Å². The first kappa shape index (κ1) is 24.1. The van der Waals surface area contributed by atoms with Gasteiger partial charge in [0.05, 0.1) is 13.0 Å². The van der Waals surface area contributed by atoms with Gasteiger partial charge in [0, 0.05) is 32.0 Å². The maximum absolute atomic E-state index is 12.7. The van der Waals surface area contributed by atoms with E-state index in [4.69, 9.17) is 0 Å². The van der Waals surface area contributed by atoms with Crippen LogP contribution < -0.4 is 10.2 Å². The van der Waals surface area contributed by atoms with E-state index >= 15 is 0 Å². The minimum absolute atomic E-state index is 0.0335. The van der Waals surface area contributed by atoms with Gasteiger partial charge in [-0.3, -0.25) is 9.59 Å². The molecule has 0 unspecified atom stereocenters. The first-order valence-corrected chi connectivity index (χ1v) is 11.4. The van der Waals surface area contributed by atoms with Crippen molar-refractivity contribution in [3.63, 3.8) is 0 Å². The van der Waals surface area contributed by atoms with Crippen LogP contribution in [-0.2, 0) is 22.4 Å². The lowest BCUT2D eigenvalue weighted by Gasteiger charge is -2.22. The first-order valence-electron chi connectivity index (χ1n) is 11.4. The van der Waals surface area contributed by atoms with Crippen molar-refractivity contribution in [1.82, 2.24) is 4.90 Å². The third-order valence-corrected chi connectivity index (χ3v) is 5.48. The summed E-state index contributed by atoms with van der Waals surface area (Å²) in [6.07, 6.45) is 1.94. The van der Waals surface area contributed by atoms with Gasteiger partial charge in [-0.25, -0.2) is 0 Å². The van der Waals surface area contributed by atoms with E-state index in [9.17, 15) is 9.59 Å². The normalized spacial score (nSPS) is 10.5. The van der Waals surface area contributed by atoms with Crippen molar-refractivity contribution in [3.8, 4) is 0 Å². The maximum Gasteiger partial charge on any atom is 0.243 e. The molecule has 0 radical (unpaired) electrons. The van der Waals surface area contributed by atoms with E-state index in [0.29, 0.717) is 13.0 Å². The van der Waals surface area contributed by atoms with Gasteiger partial charge in [-0.2, -0.15) is 0 Å². The van der Waals surface area contributed by atoms with Crippen LogP contribution in [0.2, 0.25) is 0 Å². The predicted molar refractivity (Wildman–Crippen MR) is 136 cm³/mol. The van der Waals surface area contributed by atoms with Crippen molar-refractivity contribution in [2.75, 3.05) is 37.4 Å². The molecule has 0 aromatic heterocycles. The number of hydrogen-bond donors (Lipinski definition) is 1. The number of hydrogen-bond acceptors (Lipinski definition) is 3. The van der Waals surface area contributed by atoms with Crippen molar-refractivity contribution >= 4 is 23.2 Å². The second kappa shape index (κ2) is 11.9. The summed E-state index contributed by atoms with van der Waals surface area (Å²) in [7, 11) is 4.06. The third kappa shape index (κ3) is 7.49. The maximum atomic E-state index is 12.7. The van der Waals surface area contributed by atoms with Crippen LogP contribution >= 0.6 is 0 Å². The zero-order valence-electron chi connectivity index (χ0n) is 19.8. The Kier molecular flexibility index (Phi) is 8.64. The molecule has 0 atom stereocenters. The lowest BCUT2D eigenvalue weighted by Crippen LogP contribution is -2.39. The standard InChI is InChI=1S/C28H33N3O2/c1-4-18-31(28(33)20-22-8-6-5-7-9-22)21-27(32)29-25-14-10-23(11-15-25)19-24-12-16-26(17-13-24)30(2)3/h5-17H,4,18-21H2,1-3H3,(H,29,32). The highest BCUT2D eigenvalue weighted by Crippen LogP contribution is 2.17. The zero-order valence-corrected chi connectivity index (χ0v) is 19.8. The summed E-state index contributed by atoms with van der Waals surface area (Å²) >= 11 is 0. The fourth-order valence-electron chi connectivity index (χ4n) is 3.67. The van der Waals surface area contributed by atoms with Crippen LogP contribution in [0.15, 0.2) is 78.9 Å². The Morgan fingerprint density at radius 3 is 1.97 bits per heavy atom. The van der Waals surface area contributed by atoms with Crippen LogP contribution in [0.1, 0.15) is 30.0 Å². The third-order valence-electron chi connectivity index (χ3n) is 5.48. The zero-order chi connectivity index (χ0) is 23.6. The molecule has 0 saturated carbocycles. The second-order valence-electron chi connectivity index (χ2n) is 8.46. The highest BCUT2D eigenvalue weighted by molar-refractivity contribution is 5.94. The summed E-state index contributed by atoms with van der Waals surface area (Å²) in [4.78, 5) is 29.0. The lowest BCUT2D eigenvalue weighted by molar-refractivity contribution is -0.134. The van der Waals surface area contributed by atoms with Gasteiger partial charge < -0.3 is 15.1 Å². The molecule has 0 aliphatic rings. The van der Waals surface area contributed by atoms with E-state index in [0.717, 1.165) is 24.1 Å². The van der Waals surface area contributed by atoms with Crippen LogP contribution in [0, 0.1) is 0 Å². The Labute approximate surface area is 197 Å². The Bertz CT molecular complexity index is 1030. The van der Waals surface area contributed by atoms with Crippen molar-refractivity contribution in [2.45, 2.75) is 26.2 Å². The Morgan fingerprint density at radius 2 is 1.39 bits per heavy atom. The van der Waals surface area contributed by atoms with E-state index < -0.39 is 0 Å². The number of rotatable bonds is 10. The molecule has 0 spiro atoms. The van der Waals surface area contributed by atoms with Gasteiger partial charge in [0.1, 0.15) is 0 Å². The lowest BCUT2D eigenvalue weighted by atomic mass is 10.0. The summed E-state index contributed by atoms with van der Waals surface area (Å²) in [5, 5.41) is 2.92. The molecule has 3 aromatic carbocycles. The van der Waals surface area contributed by atoms with Crippen LogP contribution in [-0.4, -0.2) is 43.9 Å². The van der Waals surface area contributed by atoms with Crippen molar-refractivity contribution in [2.24, 2.45) is 0 Å². The smallest absolute Gasteiger partial charge is 0.243 e. The fourth-order valence-corrected chi connectivity index (χ4v) is 3.67. The van der Waals surface area contributed by atoms with Crippen LogP contribution in [0.4, 0.5) is 11.4 Å². The minimum atomic E-state index is -0.183. The van der Waals surface area contributed by atoms with Gasteiger partial charge in [-0.1, -0.05) is 61.5 Å². The number of carbonyl (C=O) groups excluding carboxylic acids is 2. The SMILES string of the molecule is CCCN(CC(=O)Nc1ccc(Cc2ccc(N(C)C)cc2)cc1)C(=O)Cc1ccccc1. The second-order valence-corrected chi connectivity index (χ2v) is 8.46. The highest BCUT2D eigenvalue weighted by atomic mass is 16.2. The molecule has 5 nitrogen and oxygen atoms in total. The molecule has 0 bridgehead atoms. The molecule has 0 aliphatic carbocycles. The van der Waals surface area contributed by atoms with Crippen LogP contribution in [0.5, 0.6) is 0 Å². The number of nitrogens with one attached hydrogen (secondary N) is 1. The number of carbonyl (C=O) groups is 2. The van der Waals surface area contributed by atoms with Crippen molar-refractivity contribution in [1.29, 1.82) is 0 Å². The molecular formula is C28H33N3O2. The number of anilines is 2. The molecule has 172 valence electrons.